The molecular formula is C8H15N5O2S. The Kier molecular flexibility index (Phi) is 2.96. The summed E-state index contributed by atoms with van der Waals surface area (Å²) < 4.78 is 27.0. The fourth-order valence-corrected chi connectivity index (χ4v) is 3.41. The summed E-state index contributed by atoms with van der Waals surface area (Å²) in [7, 11) is -1.93. The van der Waals surface area contributed by atoms with E-state index in [2.05, 4.69) is 10.3 Å². The highest BCUT2D eigenvalue weighted by molar-refractivity contribution is 7.89. The molecule has 0 aliphatic carbocycles. The SMILES string of the molecule is Cn1nncc1S(=O)(=O)N1CCC[C@@H](N)C1. The molecule has 8 heteroatoms. The van der Waals surface area contributed by atoms with E-state index in [1.807, 2.05) is 0 Å². The van der Waals surface area contributed by atoms with Gasteiger partial charge in [0, 0.05) is 26.2 Å². The number of aryl methyl sites for hydroxylation is 1. The fraction of sp³-hybridized carbons (Fsp3) is 0.750. The predicted octanol–water partition coefficient (Wildman–Crippen LogP) is -1.07. The van der Waals surface area contributed by atoms with Crippen molar-refractivity contribution in [3.05, 3.63) is 6.20 Å². The molecule has 0 saturated carbocycles. The maximum absolute atomic E-state index is 12.2. The van der Waals surface area contributed by atoms with E-state index in [1.54, 1.807) is 7.05 Å². The van der Waals surface area contributed by atoms with Crippen molar-refractivity contribution in [2.45, 2.75) is 23.9 Å². The Morgan fingerprint density at radius 3 is 2.88 bits per heavy atom. The van der Waals surface area contributed by atoms with Crippen molar-refractivity contribution in [2.75, 3.05) is 13.1 Å². The Balaban J connectivity index is 2.29. The van der Waals surface area contributed by atoms with Crippen LogP contribution in [0.25, 0.3) is 0 Å². The summed E-state index contributed by atoms with van der Waals surface area (Å²) in [4.78, 5) is 0. The Labute approximate surface area is 94.3 Å². The van der Waals surface area contributed by atoms with Crippen LogP contribution in [0.2, 0.25) is 0 Å². The smallest absolute Gasteiger partial charge is 0.261 e. The second-order valence-corrected chi connectivity index (χ2v) is 5.85. The minimum absolute atomic E-state index is 0.0790. The number of hydrogen-bond donors (Lipinski definition) is 1. The van der Waals surface area contributed by atoms with E-state index in [-0.39, 0.29) is 11.1 Å². The lowest BCUT2D eigenvalue weighted by Gasteiger charge is -2.29. The largest absolute Gasteiger partial charge is 0.327 e. The third-order valence-corrected chi connectivity index (χ3v) is 4.61. The quantitative estimate of drug-likeness (QED) is 0.715. The van der Waals surface area contributed by atoms with E-state index in [9.17, 15) is 8.42 Å². The van der Waals surface area contributed by atoms with Crippen LogP contribution in [-0.4, -0.2) is 46.8 Å². The van der Waals surface area contributed by atoms with Crippen molar-refractivity contribution in [1.29, 1.82) is 0 Å². The minimum atomic E-state index is -3.49. The van der Waals surface area contributed by atoms with E-state index in [4.69, 9.17) is 5.73 Å². The Hall–Kier alpha value is -0.990. The Morgan fingerprint density at radius 2 is 2.31 bits per heavy atom. The normalized spacial score (nSPS) is 23.5. The number of rotatable bonds is 2. The maximum Gasteiger partial charge on any atom is 0.261 e. The first-order chi connectivity index (χ1) is 7.51. The van der Waals surface area contributed by atoms with E-state index in [0.29, 0.717) is 13.1 Å². The summed E-state index contributed by atoms with van der Waals surface area (Å²) in [6, 6.07) is -0.0790. The molecule has 2 heterocycles. The molecule has 16 heavy (non-hydrogen) atoms. The first-order valence-corrected chi connectivity index (χ1v) is 6.56. The second-order valence-electron chi connectivity index (χ2n) is 3.96. The van der Waals surface area contributed by atoms with Crippen LogP contribution in [0, 0.1) is 0 Å². The second kappa shape index (κ2) is 4.11. The standard InChI is InChI=1S/C8H15N5O2S/c1-12-8(5-10-11-12)16(14,15)13-4-2-3-7(9)6-13/h5,7H,2-4,6,9H2,1H3/t7-/m1/s1. The van der Waals surface area contributed by atoms with Crippen LogP contribution >= 0.6 is 0 Å². The molecule has 0 bridgehead atoms. The van der Waals surface area contributed by atoms with Gasteiger partial charge in [0.2, 0.25) is 0 Å². The average Bonchev–Trinajstić information content (AvgIpc) is 2.65. The molecule has 1 aliphatic heterocycles. The van der Waals surface area contributed by atoms with Crippen LogP contribution < -0.4 is 5.73 Å². The highest BCUT2D eigenvalue weighted by Crippen LogP contribution is 2.18. The van der Waals surface area contributed by atoms with Gasteiger partial charge < -0.3 is 5.73 Å². The zero-order valence-corrected chi connectivity index (χ0v) is 9.89. The van der Waals surface area contributed by atoms with Crippen molar-refractivity contribution in [3.63, 3.8) is 0 Å². The molecular weight excluding hydrogens is 230 g/mol. The summed E-state index contributed by atoms with van der Waals surface area (Å²) in [5.74, 6) is 0. The first kappa shape index (κ1) is 11.5. The molecule has 0 unspecified atom stereocenters. The molecule has 0 amide bonds. The van der Waals surface area contributed by atoms with Crippen LogP contribution in [0.5, 0.6) is 0 Å². The zero-order chi connectivity index (χ0) is 11.8. The van der Waals surface area contributed by atoms with Crippen molar-refractivity contribution in [2.24, 2.45) is 12.8 Å². The van der Waals surface area contributed by atoms with Crippen molar-refractivity contribution in [3.8, 4) is 0 Å². The lowest BCUT2D eigenvalue weighted by molar-refractivity contribution is 0.314. The van der Waals surface area contributed by atoms with Gasteiger partial charge in [-0.2, -0.15) is 4.31 Å². The van der Waals surface area contributed by atoms with Gasteiger partial charge in [0.1, 0.15) is 0 Å². The number of nitrogens with zero attached hydrogens (tertiary/aromatic N) is 4. The van der Waals surface area contributed by atoms with Gasteiger partial charge in [-0.25, -0.2) is 13.1 Å². The summed E-state index contributed by atoms with van der Waals surface area (Å²) >= 11 is 0. The minimum Gasteiger partial charge on any atom is -0.327 e. The zero-order valence-electron chi connectivity index (χ0n) is 9.07. The molecule has 1 atom stereocenters. The molecule has 0 radical (unpaired) electrons. The molecule has 1 aromatic rings. The molecule has 0 spiro atoms. The van der Waals surface area contributed by atoms with E-state index < -0.39 is 10.0 Å². The number of hydrogen-bond acceptors (Lipinski definition) is 5. The molecule has 2 rings (SSSR count). The third kappa shape index (κ3) is 1.95. The number of sulfonamides is 1. The maximum atomic E-state index is 12.2. The number of aromatic nitrogens is 3. The summed E-state index contributed by atoms with van der Waals surface area (Å²) in [5, 5.41) is 7.32. The molecule has 7 nitrogen and oxygen atoms in total. The van der Waals surface area contributed by atoms with Crippen LogP contribution in [-0.2, 0) is 17.1 Å². The fourth-order valence-electron chi connectivity index (χ4n) is 1.84. The monoisotopic (exact) mass is 245 g/mol. The summed E-state index contributed by atoms with van der Waals surface area (Å²) in [6.07, 6.45) is 2.93. The van der Waals surface area contributed by atoms with Gasteiger partial charge in [0.25, 0.3) is 10.0 Å². The first-order valence-electron chi connectivity index (χ1n) is 5.12. The molecule has 1 saturated heterocycles. The topological polar surface area (TPSA) is 94.1 Å². The molecule has 1 aromatic heterocycles. The van der Waals surface area contributed by atoms with Crippen LogP contribution in [0.3, 0.4) is 0 Å². The van der Waals surface area contributed by atoms with Crippen LogP contribution in [0.4, 0.5) is 0 Å². The number of nitrogens with two attached hydrogens (primary N) is 1. The van der Waals surface area contributed by atoms with Gasteiger partial charge >= 0.3 is 0 Å². The van der Waals surface area contributed by atoms with Crippen LogP contribution in [0.1, 0.15) is 12.8 Å². The molecule has 90 valence electrons. The van der Waals surface area contributed by atoms with Crippen molar-refractivity contribution >= 4 is 10.0 Å². The molecule has 0 aromatic carbocycles. The van der Waals surface area contributed by atoms with Gasteiger partial charge in [-0.05, 0) is 12.8 Å². The summed E-state index contributed by atoms with van der Waals surface area (Å²) in [5.41, 5.74) is 5.77. The van der Waals surface area contributed by atoms with Crippen LogP contribution in [0.15, 0.2) is 11.2 Å². The average molecular weight is 245 g/mol. The van der Waals surface area contributed by atoms with Crippen molar-refractivity contribution < 1.29 is 8.42 Å². The van der Waals surface area contributed by atoms with E-state index in [0.717, 1.165) is 12.8 Å². The van der Waals surface area contributed by atoms with Crippen molar-refractivity contribution in [1.82, 2.24) is 19.3 Å². The van der Waals surface area contributed by atoms with Gasteiger partial charge in [0.05, 0.1) is 6.20 Å². The number of piperidine rings is 1. The van der Waals surface area contributed by atoms with Gasteiger partial charge in [-0.3, -0.25) is 0 Å². The van der Waals surface area contributed by atoms with Gasteiger partial charge in [0.15, 0.2) is 5.03 Å². The Morgan fingerprint density at radius 1 is 1.56 bits per heavy atom. The van der Waals surface area contributed by atoms with E-state index >= 15 is 0 Å². The Bertz CT molecular complexity index is 469. The highest BCUT2D eigenvalue weighted by atomic mass is 32.2. The predicted molar refractivity (Wildman–Crippen MR) is 57.0 cm³/mol. The molecule has 2 N–H and O–H groups in total. The van der Waals surface area contributed by atoms with Gasteiger partial charge in [-0.15, -0.1) is 5.10 Å². The molecule has 1 aliphatic rings. The molecule has 1 fully saturated rings. The van der Waals surface area contributed by atoms with E-state index in [1.165, 1.54) is 15.2 Å². The highest BCUT2D eigenvalue weighted by Gasteiger charge is 2.31. The third-order valence-electron chi connectivity index (χ3n) is 2.70. The lowest BCUT2D eigenvalue weighted by Crippen LogP contribution is -2.46. The summed E-state index contributed by atoms with van der Waals surface area (Å²) in [6.45, 7) is 0.884. The lowest BCUT2D eigenvalue weighted by atomic mass is 10.1. The van der Waals surface area contributed by atoms with Gasteiger partial charge in [-0.1, -0.05) is 5.21 Å².